The van der Waals surface area contributed by atoms with Gasteiger partial charge in [-0.1, -0.05) is 18.2 Å². The molecular weight excluding hydrogens is 264 g/mol. The lowest BCUT2D eigenvalue weighted by Crippen LogP contribution is -2.20. The minimum Gasteiger partial charge on any atom is -0.482 e. The Hall–Kier alpha value is -2.49. The Morgan fingerprint density at radius 1 is 1.14 bits per heavy atom. The average Bonchev–Trinajstić information content (AvgIpc) is 2.94. The molecule has 4 heteroatoms. The number of fused-ring (bicyclic) bond motifs is 1. The number of anilines is 2. The number of para-hydroxylation sites is 2. The third-order valence-corrected chi connectivity index (χ3v) is 3.66. The molecule has 2 aromatic carbocycles. The van der Waals surface area contributed by atoms with E-state index < -0.39 is 0 Å². The van der Waals surface area contributed by atoms with Gasteiger partial charge in [0.2, 0.25) is 0 Å². The molecule has 2 aromatic rings. The fraction of sp³-hybridized carbons (Fsp3) is 0.235. The van der Waals surface area contributed by atoms with Gasteiger partial charge < -0.3 is 15.8 Å². The second kappa shape index (κ2) is 5.87. The maximum absolute atomic E-state index is 11.9. The van der Waals surface area contributed by atoms with Crippen molar-refractivity contribution in [3.05, 3.63) is 53.6 Å². The number of carbonyl (C=O) groups is 1. The van der Waals surface area contributed by atoms with Crippen molar-refractivity contribution in [2.24, 2.45) is 0 Å². The van der Waals surface area contributed by atoms with Gasteiger partial charge in [0.1, 0.15) is 5.75 Å². The van der Waals surface area contributed by atoms with Crippen molar-refractivity contribution in [3.63, 3.8) is 0 Å². The van der Waals surface area contributed by atoms with E-state index in [9.17, 15) is 4.79 Å². The van der Waals surface area contributed by atoms with E-state index in [1.54, 1.807) is 12.1 Å². The summed E-state index contributed by atoms with van der Waals surface area (Å²) in [6, 6.07) is 13.2. The Morgan fingerprint density at radius 2 is 1.95 bits per heavy atom. The van der Waals surface area contributed by atoms with Gasteiger partial charge in [0.05, 0.1) is 5.69 Å². The first kappa shape index (κ1) is 13.5. The Balaban J connectivity index is 1.58. The van der Waals surface area contributed by atoms with Crippen LogP contribution in [0.5, 0.6) is 5.75 Å². The molecule has 3 rings (SSSR count). The molecule has 0 saturated heterocycles. The van der Waals surface area contributed by atoms with Crippen LogP contribution in [0.2, 0.25) is 0 Å². The van der Waals surface area contributed by atoms with Gasteiger partial charge in [0, 0.05) is 5.69 Å². The van der Waals surface area contributed by atoms with Gasteiger partial charge in [-0.2, -0.15) is 0 Å². The zero-order chi connectivity index (χ0) is 14.7. The molecule has 0 aromatic heterocycles. The first-order valence-corrected chi connectivity index (χ1v) is 7.11. The summed E-state index contributed by atoms with van der Waals surface area (Å²) in [6.07, 6.45) is 3.43. The van der Waals surface area contributed by atoms with Gasteiger partial charge in [-0.05, 0) is 54.7 Å². The molecule has 0 atom stereocenters. The minimum absolute atomic E-state index is 0.0503. The van der Waals surface area contributed by atoms with Gasteiger partial charge in [0.25, 0.3) is 5.91 Å². The fourth-order valence-corrected chi connectivity index (χ4v) is 2.60. The number of rotatable bonds is 4. The summed E-state index contributed by atoms with van der Waals surface area (Å²) in [7, 11) is 0. The predicted molar refractivity (Wildman–Crippen MR) is 83.4 cm³/mol. The lowest BCUT2D eigenvalue weighted by molar-refractivity contribution is -0.118. The van der Waals surface area contributed by atoms with Crippen LogP contribution in [-0.2, 0) is 17.6 Å². The largest absolute Gasteiger partial charge is 0.482 e. The van der Waals surface area contributed by atoms with Crippen molar-refractivity contribution in [1.82, 2.24) is 0 Å². The molecule has 4 nitrogen and oxygen atoms in total. The van der Waals surface area contributed by atoms with Crippen molar-refractivity contribution in [1.29, 1.82) is 0 Å². The summed E-state index contributed by atoms with van der Waals surface area (Å²) < 4.78 is 5.43. The van der Waals surface area contributed by atoms with Crippen LogP contribution in [-0.4, -0.2) is 12.5 Å². The molecule has 108 valence electrons. The highest BCUT2D eigenvalue weighted by Crippen LogP contribution is 2.25. The summed E-state index contributed by atoms with van der Waals surface area (Å²) in [5, 5.41) is 2.86. The van der Waals surface area contributed by atoms with Crippen LogP contribution in [0, 0.1) is 0 Å². The predicted octanol–water partition coefficient (Wildman–Crippen LogP) is 2.78. The molecule has 0 aliphatic heterocycles. The number of carbonyl (C=O) groups excluding carboxylic acids is 1. The zero-order valence-electron chi connectivity index (χ0n) is 11.8. The van der Waals surface area contributed by atoms with Crippen LogP contribution in [0.1, 0.15) is 17.5 Å². The highest BCUT2D eigenvalue weighted by atomic mass is 16.5. The second-order valence-corrected chi connectivity index (χ2v) is 5.21. The molecule has 0 bridgehead atoms. The molecule has 0 fully saturated rings. The summed E-state index contributed by atoms with van der Waals surface area (Å²) >= 11 is 0. The number of nitrogens with two attached hydrogens (primary N) is 1. The summed E-state index contributed by atoms with van der Waals surface area (Å²) in [4.78, 5) is 11.9. The molecule has 0 radical (unpaired) electrons. The SMILES string of the molecule is Nc1ccccc1OCC(=O)Nc1ccc2c(c1)CCC2. The number of aryl methyl sites for hydroxylation is 2. The van der Waals surface area contributed by atoms with Gasteiger partial charge in [-0.15, -0.1) is 0 Å². The molecular formula is C17H18N2O2. The maximum Gasteiger partial charge on any atom is 0.262 e. The minimum atomic E-state index is -0.184. The number of hydrogen-bond acceptors (Lipinski definition) is 3. The topological polar surface area (TPSA) is 64.3 Å². The van der Waals surface area contributed by atoms with Gasteiger partial charge in [-0.25, -0.2) is 0 Å². The molecule has 1 aliphatic rings. The lowest BCUT2D eigenvalue weighted by atomic mass is 10.1. The molecule has 0 unspecified atom stereocenters. The van der Waals surface area contributed by atoms with Crippen LogP contribution in [0.25, 0.3) is 0 Å². The molecule has 21 heavy (non-hydrogen) atoms. The van der Waals surface area contributed by atoms with Crippen LogP contribution in [0.3, 0.4) is 0 Å². The van der Waals surface area contributed by atoms with E-state index >= 15 is 0 Å². The van der Waals surface area contributed by atoms with E-state index in [1.165, 1.54) is 17.5 Å². The monoisotopic (exact) mass is 282 g/mol. The Labute approximate surface area is 123 Å². The highest BCUT2D eigenvalue weighted by Gasteiger charge is 2.12. The third kappa shape index (κ3) is 3.16. The quantitative estimate of drug-likeness (QED) is 0.847. The average molecular weight is 282 g/mol. The molecule has 0 spiro atoms. The van der Waals surface area contributed by atoms with E-state index in [1.807, 2.05) is 18.2 Å². The fourth-order valence-electron chi connectivity index (χ4n) is 2.60. The molecule has 3 N–H and O–H groups in total. The Kier molecular flexibility index (Phi) is 3.77. The van der Waals surface area contributed by atoms with Crippen LogP contribution >= 0.6 is 0 Å². The maximum atomic E-state index is 11.9. The van der Waals surface area contributed by atoms with Crippen molar-refractivity contribution < 1.29 is 9.53 Å². The molecule has 0 saturated carbocycles. The smallest absolute Gasteiger partial charge is 0.262 e. The number of nitrogen functional groups attached to an aromatic ring is 1. The lowest BCUT2D eigenvalue weighted by Gasteiger charge is -2.10. The highest BCUT2D eigenvalue weighted by molar-refractivity contribution is 5.92. The molecule has 1 aliphatic carbocycles. The van der Waals surface area contributed by atoms with E-state index in [0.717, 1.165) is 18.5 Å². The van der Waals surface area contributed by atoms with Crippen molar-refractivity contribution >= 4 is 17.3 Å². The zero-order valence-corrected chi connectivity index (χ0v) is 11.8. The van der Waals surface area contributed by atoms with Crippen LogP contribution in [0.15, 0.2) is 42.5 Å². The van der Waals surface area contributed by atoms with E-state index in [2.05, 4.69) is 17.4 Å². The first-order valence-electron chi connectivity index (χ1n) is 7.11. The first-order chi connectivity index (χ1) is 10.2. The van der Waals surface area contributed by atoms with Gasteiger partial charge in [-0.3, -0.25) is 4.79 Å². The van der Waals surface area contributed by atoms with Crippen LogP contribution in [0.4, 0.5) is 11.4 Å². The van der Waals surface area contributed by atoms with Gasteiger partial charge >= 0.3 is 0 Å². The Morgan fingerprint density at radius 3 is 2.81 bits per heavy atom. The van der Waals surface area contributed by atoms with E-state index in [-0.39, 0.29) is 12.5 Å². The van der Waals surface area contributed by atoms with Crippen molar-refractivity contribution in [3.8, 4) is 5.75 Å². The summed E-state index contributed by atoms with van der Waals surface area (Å²) in [5.41, 5.74) is 9.84. The summed E-state index contributed by atoms with van der Waals surface area (Å²) in [5.74, 6) is 0.345. The normalized spacial score (nSPS) is 12.8. The number of nitrogens with one attached hydrogen (secondary N) is 1. The standard InChI is InChI=1S/C17H18N2O2/c18-15-6-1-2-7-16(15)21-11-17(20)19-14-9-8-12-4-3-5-13(12)10-14/h1-2,6-10H,3-5,11,18H2,(H,19,20). The van der Waals surface area contributed by atoms with Crippen molar-refractivity contribution in [2.45, 2.75) is 19.3 Å². The Bertz CT molecular complexity index is 668. The van der Waals surface area contributed by atoms with Crippen LogP contribution < -0.4 is 15.8 Å². The van der Waals surface area contributed by atoms with E-state index in [4.69, 9.17) is 10.5 Å². The third-order valence-electron chi connectivity index (χ3n) is 3.66. The van der Waals surface area contributed by atoms with E-state index in [0.29, 0.717) is 11.4 Å². The second-order valence-electron chi connectivity index (χ2n) is 5.21. The molecule has 1 amide bonds. The number of ether oxygens (including phenoxy) is 1. The summed E-state index contributed by atoms with van der Waals surface area (Å²) in [6.45, 7) is -0.0503. The number of hydrogen-bond donors (Lipinski definition) is 2. The number of benzene rings is 2. The molecule has 0 heterocycles. The number of amides is 1. The van der Waals surface area contributed by atoms with Crippen molar-refractivity contribution in [2.75, 3.05) is 17.7 Å². The van der Waals surface area contributed by atoms with Gasteiger partial charge in [0.15, 0.2) is 6.61 Å².